The molecule has 2 heterocycles. The zero-order valence-corrected chi connectivity index (χ0v) is 22.0. The molecule has 1 aliphatic rings. The summed E-state index contributed by atoms with van der Waals surface area (Å²) in [6.07, 6.45) is 0. The van der Waals surface area contributed by atoms with Gasteiger partial charge in [-0.3, -0.25) is 14.2 Å². The summed E-state index contributed by atoms with van der Waals surface area (Å²) in [5, 5.41) is 3.26. The van der Waals surface area contributed by atoms with Gasteiger partial charge in [-0.2, -0.15) is 0 Å². The van der Waals surface area contributed by atoms with Crippen LogP contribution in [0.2, 0.25) is 0 Å². The third kappa shape index (κ3) is 4.80. The fraction of sp³-hybridized carbons (Fsp3) is 0.100. The van der Waals surface area contributed by atoms with Crippen LogP contribution in [0.1, 0.15) is 15.9 Å². The van der Waals surface area contributed by atoms with Crippen molar-refractivity contribution in [3.8, 4) is 28.4 Å². The van der Waals surface area contributed by atoms with Crippen LogP contribution in [0, 0.1) is 10.6 Å². The molecule has 0 fully saturated rings. The van der Waals surface area contributed by atoms with E-state index in [0.29, 0.717) is 39.4 Å². The molecule has 8 nitrogen and oxygen atoms in total. The van der Waals surface area contributed by atoms with E-state index >= 15 is 0 Å². The molecule has 40 heavy (non-hydrogen) atoms. The van der Waals surface area contributed by atoms with E-state index in [1.54, 1.807) is 42.5 Å². The summed E-state index contributed by atoms with van der Waals surface area (Å²) >= 11 is 5.48. The number of nitrogens with one attached hydrogen (secondary N) is 2. The third-order valence-corrected chi connectivity index (χ3v) is 6.96. The minimum Gasteiger partial charge on any atom is -0.496 e. The minimum atomic E-state index is -0.385. The Bertz CT molecular complexity index is 1900. The number of fused-ring (bicyclic) bond motifs is 2. The number of nitrogens with zero attached hydrogens (tertiary/aromatic N) is 1. The lowest BCUT2D eigenvalue weighted by Gasteiger charge is -2.11. The van der Waals surface area contributed by atoms with Crippen LogP contribution in [-0.2, 0) is 6.54 Å². The molecule has 0 radical (unpaired) electrons. The third-order valence-electron chi connectivity index (χ3n) is 6.64. The van der Waals surface area contributed by atoms with Crippen molar-refractivity contribution in [3.63, 3.8) is 0 Å². The maximum absolute atomic E-state index is 13.5. The summed E-state index contributed by atoms with van der Waals surface area (Å²) in [6, 6.07) is 21.7. The number of hydrogen-bond donors (Lipinski definition) is 2. The van der Waals surface area contributed by atoms with Crippen molar-refractivity contribution in [3.05, 3.63) is 111 Å². The van der Waals surface area contributed by atoms with E-state index in [-0.39, 0.29) is 35.4 Å². The second-order valence-corrected chi connectivity index (χ2v) is 9.53. The monoisotopic (exact) mass is 555 g/mol. The number of carbonyl (C=O) groups is 1. The van der Waals surface area contributed by atoms with Crippen LogP contribution in [0.3, 0.4) is 0 Å². The minimum absolute atomic E-state index is 0.168. The van der Waals surface area contributed by atoms with Gasteiger partial charge in [-0.15, -0.1) is 0 Å². The van der Waals surface area contributed by atoms with Crippen molar-refractivity contribution in [2.24, 2.45) is 0 Å². The molecule has 1 amide bonds. The number of halogens is 1. The van der Waals surface area contributed by atoms with Crippen LogP contribution in [-0.4, -0.2) is 29.4 Å². The molecule has 4 aromatic carbocycles. The highest BCUT2D eigenvalue weighted by atomic mass is 32.1. The molecule has 0 saturated carbocycles. The fourth-order valence-electron chi connectivity index (χ4n) is 4.60. The van der Waals surface area contributed by atoms with Crippen LogP contribution in [0.4, 0.5) is 10.1 Å². The Morgan fingerprint density at radius 2 is 1.82 bits per heavy atom. The van der Waals surface area contributed by atoms with Crippen molar-refractivity contribution in [1.82, 2.24) is 9.55 Å². The first-order chi connectivity index (χ1) is 19.4. The summed E-state index contributed by atoms with van der Waals surface area (Å²) in [4.78, 5) is 29.3. The van der Waals surface area contributed by atoms with Crippen molar-refractivity contribution in [2.45, 2.75) is 6.54 Å². The zero-order valence-electron chi connectivity index (χ0n) is 21.2. The topological polar surface area (TPSA) is 94.6 Å². The zero-order chi connectivity index (χ0) is 27.8. The molecule has 0 spiro atoms. The highest BCUT2D eigenvalue weighted by Crippen LogP contribution is 2.33. The van der Waals surface area contributed by atoms with Gasteiger partial charge in [0.25, 0.3) is 11.5 Å². The van der Waals surface area contributed by atoms with Gasteiger partial charge in [0.15, 0.2) is 16.3 Å². The van der Waals surface area contributed by atoms with E-state index in [1.165, 1.54) is 23.8 Å². The van der Waals surface area contributed by atoms with Gasteiger partial charge in [0.05, 0.1) is 24.6 Å². The second kappa shape index (κ2) is 10.3. The SMILES string of the molecule is COc1cc(F)ccc1-c1ccc(NC(=O)c2ccc3c(=O)n(Cc4ccc5c(c4)OCO5)c(=S)[nH]c3c2)cc1. The van der Waals surface area contributed by atoms with Gasteiger partial charge in [-0.05, 0) is 77.9 Å². The lowest BCUT2D eigenvalue weighted by Crippen LogP contribution is -2.23. The van der Waals surface area contributed by atoms with Gasteiger partial charge < -0.3 is 24.5 Å². The van der Waals surface area contributed by atoms with Gasteiger partial charge >= 0.3 is 0 Å². The predicted molar refractivity (Wildman–Crippen MR) is 151 cm³/mol. The Morgan fingerprint density at radius 3 is 2.62 bits per heavy atom. The van der Waals surface area contributed by atoms with Gasteiger partial charge in [0, 0.05) is 22.9 Å². The number of carbonyl (C=O) groups excluding carboxylic acids is 1. The van der Waals surface area contributed by atoms with E-state index < -0.39 is 0 Å². The first kappa shape index (κ1) is 25.3. The Morgan fingerprint density at radius 1 is 1.02 bits per heavy atom. The highest BCUT2D eigenvalue weighted by molar-refractivity contribution is 7.71. The predicted octanol–water partition coefficient (Wildman–Crippen LogP) is 5.90. The molecule has 1 aromatic heterocycles. The lowest BCUT2D eigenvalue weighted by molar-refractivity contribution is 0.102. The van der Waals surface area contributed by atoms with Gasteiger partial charge in [0.1, 0.15) is 11.6 Å². The average molecular weight is 556 g/mol. The van der Waals surface area contributed by atoms with E-state index in [1.807, 2.05) is 24.3 Å². The van der Waals surface area contributed by atoms with E-state index in [2.05, 4.69) is 10.3 Å². The smallest absolute Gasteiger partial charge is 0.262 e. The normalized spacial score (nSPS) is 11.9. The fourth-order valence-corrected chi connectivity index (χ4v) is 4.86. The first-order valence-electron chi connectivity index (χ1n) is 12.3. The number of aromatic amines is 1. The Hall–Kier alpha value is -4.96. The number of rotatable bonds is 6. The maximum Gasteiger partial charge on any atom is 0.262 e. The van der Waals surface area contributed by atoms with Gasteiger partial charge in [0.2, 0.25) is 6.79 Å². The number of amides is 1. The summed E-state index contributed by atoms with van der Waals surface area (Å²) in [7, 11) is 1.48. The Kier molecular flexibility index (Phi) is 6.53. The molecular formula is C30H22FN3O5S. The standard InChI is InChI=1S/C30H22FN3O5S/c1-37-26-14-20(31)6-10-22(26)18-3-7-21(8-4-18)32-28(35)19-5-9-23-24(13-19)33-30(40)34(29(23)36)15-17-2-11-25-27(12-17)39-16-38-25/h2-14H,15-16H2,1H3,(H,32,35)(H,33,40). The molecule has 0 saturated heterocycles. The van der Waals surface area contributed by atoms with E-state index in [0.717, 1.165) is 16.7 Å². The van der Waals surface area contributed by atoms with Crippen LogP contribution in [0.5, 0.6) is 17.2 Å². The van der Waals surface area contributed by atoms with E-state index in [4.69, 9.17) is 26.4 Å². The van der Waals surface area contributed by atoms with Crippen molar-refractivity contribution in [1.29, 1.82) is 0 Å². The molecule has 10 heteroatoms. The quantitative estimate of drug-likeness (QED) is 0.253. The molecule has 1 aliphatic heterocycles. The highest BCUT2D eigenvalue weighted by Gasteiger charge is 2.15. The van der Waals surface area contributed by atoms with Gasteiger partial charge in [-0.25, -0.2) is 4.39 Å². The molecule has 2 N–H and O–H groups in total. The largest absolute Gasteiger partial charge is 0.496 e. The number of aromatic nitrogens is 2. The van der Waals surface area contributed by atoms with Crippen molar-refractivity contribution in [2.75, 3.05) is 19.2 Å². The summed E-state index contributed by atoms with van der Waals surface area (Å²) in [5.41, 5.74) is 3.50. The summed E-state index contributed by atoms with van der Waals surface area (Å²) in [5.74, 6) is 0.971. The Labute approximate surface area is 232 Å². The first-order valence-corrected chi connectivity index (χ1v) is 12.7. The average Bonchev–Trinajstić information content (AvgIpc) is 3.43. The lowest BCUT2D eigenvalue weighted by atomic mass is 10.0. The van der Waals surface area contributed by atoms with Crippen LogP contribution >= 0.6 is 12.2 Å². The number of hydrogen-bond acceptors (Lipinski definition) is 6. The number of benzene rings is 4. The molecule has 6 rings (SSSR count). The molecule has 200 valence electrons. The molecular weight excluding hydrogens is 533 g/mol. The van der Waals surface area contributed by atoms with E-state index in [9.17, 15) is 14.0 Å². The summed E-state index contributed by atoms with van der Waals surface area (Å²) in [6.45, 7) is 0.421. The molecule has 5 aromatic rings. The van der Waals surface area contributed by atoms with Crippen LogP contribution in [0.15, 0.2) is 83.7 Å². The van der Waals surface area contributed by atoms with Crippen LogP contribution in [0.25, 0.3) is 22.0 Å². The maximum atomic E-state index is 13.5. The van der Waals surface area contributed by atoms with Crippen molar-refractivity contribution < 1.29 is 23.4 Å². The molecule has 0 atom stereocenters. The summed E-state index contributed by atoms with van der Waals surface area (Å²) < 4.78 is 31.3. The second-order valence-electron chi connectivity index (χ2n) is 9.15. The molecule has 0 aliphatic carbocycles. The van der Waals surface area contributed by atoms with Crippen LogP contribution < -0.4 is 25.1 Å². The molecule has 0 unspecified atom stereocenters. The number of ether oxygens (including phenoxy) is 3. The van der Waals surface area contributed by atoms with Crippen molar-refractivity contribution >= 4 is 34.7 Å². The number of methoxy groups -OCH3 is 1. The van der Waals surface area contributed by atoms with Gasteiger partial charge in [-0.1, -0.05) is 18.2 Å². The number of H-pyrrole nitrogens is 1. The number of anilines is 1. The Balaban J connectivity index is 1.22. The molecule has 0 bridgehead atoms.